The fourth-order valence-electron chi connectivity index (χ4n) is 4.11. The number of carbonyl (C=O) groups is 1. The average Bonchev–Trinajstić information content (AvgIpc) is 3.28. The van der Waals surface area contributed by atoms with Gasteiger partial charge in [-0.1, -0.05) is 50.2 Å². The van der Waals surface area contributed by atoms with Crippen LogP contribution in [-0.2, 0) is 24.4 Å². The van der Waals surface area contributed by atoms with Gasteiger partial charge < -0.3 is 14.6 Å². The lowest BCUT2D eigenvalue weighted by Gasteiger charge is -2.14. The Morgan fingerprint density at radius 1 is 1.08 bits per heavy atom. The number of nitrogens with zero attached hydrogens (tertiary/aromatic N) is 4. The molecule has 0 aliphatic carbocycles. The van der Waals surface area contributed by atoms with Crippen LogP contribution in [0.5, 0.6) is 5.75 Å². The second kappa shape index (κ2) is 10.6. The van der Waals surface area contributed by atoms with Gasteiger partial charge in [-0.3, -0.25) is 14.2 Å². The smallest absolute Gasteiger partial charge is 0.333 e. The SMILES string of the molecule is COc1ccc(C)cc1NC(=O)Cn1c(=O)c2c(ncn2CCC(C)C)n(Cc2ccccc2)c1=O. The minimum atomic E-state index is -0.586. The number of amides is 1. The summed E-state index contributed by atoms with van der Waals surface area (Å²) in [5, 5.41) is 2.78. The van der Waals surface area contributed by atoms with Gasteiger partial charge in [0.05, 0.1) is 25.7 Å². The molecule has 2 aromatic heterocycles. The quantitative estimate of drug-likeness (QED) is 0.388. The summed E-state index contributed by atoms with van der Waals surface area (Å²) in [5.74, 6) is 0.414. The summed E-state index contributed by atoms with van der Waals surface area (Å²) in [5.41, 5.74) is 1.80. The van der Waals surface area contributed by atoms with Gasteiger partial charge in [0.2, 0.25) is 5.91 Å². The van der Waals surface area contributed by atoms with E-state index in [0.29, 0.717) is 35.1 Å². The van der Waals surface area contributed by atoms with Crippen molar-refractivity contribution in [3.05, 3.63) is 86.8 Å². The van der Waals surface area contributed by atoms with E-state index in [-0.39, 0.29) is 6.54 Å². The number of imidazole rings is 1. The number of benzene rings is 2. The number of hydrogen-bond donors (Lipinski definition) is 1. The van der Waals surface area contributed by atoms with Crippen LogP contribution in [0.1, 0.15) is 31.4 Å². The molecule has 4 rings (SSSR count). The average molecular weight is 490 g/mol. The van der Waals surface area contributed by atoms with Crippen LogP contribution in [0, 0.1) is 12.8 Å². The standard InChI is InChI=1S/C27H31N5O4/c1-18(2)12-13-30-17-28-25-24(30)26(34)32(27(35)31(25)15-20-8-6-5-7-9-20)16-23(33)29-21-14-19(3)10-11-22(21)36-4/h5-11,14,17-18H,12-13,15-16H2,1-4H3,(H,29,33). The largest absolute Gasteiger partial charge is 0.495 e. The number of ether oxygens (including phenoxy) is 1. The van der Waals surface area contributed by atoms with Gasteiger partial charge in [0.1, 0.15) is 12.3 Å². The van der Waals surface area contributed by atoms with Crippen LogP contribution in [0.2, 0.25) is 0 Å². The Bertz CT molecular complexity index is 1500. The van der Waals surface area contributed by atoms with E-state index in [0.717, 1.165) is 22.1 Å². The molecule has 0 saturated carbocycles. The zero-order valence-corrected chi connectivity index (χ0v) is 21.0. The number of rotatable bonds is 9. The molecule has 0 unspecified atom stereocenters. The van der Waals surface area contributed by atoms with E-state index >= 15 is 0 Å². The van der Waals surface area contributed by atoms with Gasteiger partial charge in [-0.25, -0.2) is 14.3 Å². The van der Waals surface area contributed by atoms with Crippen molar-refractivity contribution in [2.24, 2.45) is 5.92 Å². The van der Waals surface area contributed by atoms with Crippen LogP contribution in [-0.4, -0.2) is 31.7 Å². The maximum atomic E-state index is 13.5. The number of aryl methyl sites for hydroxylation is 2. The van der Waals surface area contributed by atoms with Crippen LogP contribution in [0.4, 0.5) is 5.69 Å². The molecule has 0 saturated heterocycles. The number of anilines is 1. The maximum absolute atomic E-state index is 13.5. The normalized spacial score (nSPS) is 11.2. The number of fused-ring (bicyclic) bond motifs is 1. The molecule has 1 N–H and O–H groups in total. The first-order chi connectivity index (χ1) is 17.3. The van der Waals surface area contributed by atoms with Gasteiger partial charge in [0, 0.05) is 6.54 Å². The zero-order chi connectivity index (χ0) is 25.8. The highest BCUT2D eigenvalue weighted by atomic mass is 16.5. The van der Waals surface area contributed by atoms with Crippen molar-refractivity contribution in [1.82, 2.24) is 18.7 Å². The third kappa shape index (κ3) is 5.25. The van der Waals surface area contributed by atoms with Gasteiger partial charge in [-0.2, -0.15) is 0 Å². The van der Waals surface area contributed by atoms with Gasteiger partial charge in [0.25, 0.3) is 5.56 Å². The summed E-state index contributed by atoms with van der Waals surface area (Å²) >= 11 is 0. The predicted octanol–water partition coefficient (Wildman–Crippen LogP) is 3.41. The van der Waals surface area contributed by atoms with Crippen molar-refractivity contribution in [2.75, 3.05) is 12.4 Å². The molecule has 0 radical (unpaired) electrons. The van der Waals surface area contributed by atoms with E-state index in [1.54, 1.807) is 23.0 Å². The molecule has 0 bridgehead atoms. The highest BCUT2D eigenvalue weighted by Gasteiger charge is 2.20. The molecule has 0 aliphatic rings. The van der Waals surface area contributed by atoms with Crippen LogP contribution < -0.4 is 21.3 Å². The fourth-order valence-corrected chi connectivity index (χ4v) is 4.11. The highest BCUT2D eigenvalue weighted by Crippen LogP contribution is 2.25. The van der Waals surface area contributed by atoms with E-state index in [9.17, 15) is 14.4 Å². The molecule has 2 heterocycles. The predicted molar refractivity (Wildman–Crippen MR) is 140 cm³/mol. The van der Waals surface area contributed by atoms with Gasteiger partial charge >= 0.3 is 5.69 Å². The van der Waals surface area contributed by atoms with E-state index in [1.165, 1.54) is 11.7 Å². The third-order valence-electron chi connectivity index (χ3n) is 6.05. The Morgan fingerprint density at radius 3 is 2.53 bits per heavy atom. The third-order valence-corrected chi connectivity index (χ3v) is 6.05. The van der Waals surface area contributed by atoms with Crippen molar-refractivity contribution in [1.29, 1.82) is 0 Å². The zero-order valence-electron chi connectivity index (χ0n) is 21.0. The molecule has 0 spiro atoms. The molecule has 0 fully saturated rings. The fraction of sp³-hybridized carbons (Fsp3) is 0.333. The molecule has 36 heavy (non-hydrogen) atoms. The number of nitrogens with one attached hydrogen (secondary N) is 1. The van der Waals surface area contributed by atoms with Gasteiger partial charge in [0.15, 0.2) is 11.2 Å². The molecule has 4 aromatic rings. The molecule has 188 valence electrons. The second-order valence-electron chi connectivity index (χ2n) is 9.29. The summed E-state index contributed by atoms with van der Waals surface area (Å²) < 4.78 is 9.55. The molecule has 9 nitrogen and oxygen atoms in total. The first-order valence-corrected chi connectivity index (χ1v) is 12.0. The topological polar surface area (TPSA) is 100 Å². The van der Waals surface area contributed by atoms with Gasteiger partial charge in [-0.05, 0) is 42.5 Å². The Morgan fingerprint density at radius 2 is 1.83 bits per heavy atom. The number of hydrogen-bond acceptors (Lipinski definition) is 5. The monoisotopic (exact) mass is 489 g/mol. The molecule has 0 atom stereocenters. The molecule has 9 heteroatoms. The van der Waals surface area contributed by atoms with Crippen LogP contribution >= 0.6 is 0 Å². The van der Waals surface area contributed by atoms with Crippen molar-refractivity contribution in [3.63, 3.8) is 0 Å². The molecule has 2 aromatic carbocycles. The molecule has 0 aliphatic heterocycles. The summed E-state index contributed by atoms with van der Waals surface area (Å²) in [4.78, 5) is 44.5. The highest BCUT2D eigenvalue weighted by molar-refractivity contribution is 5.92. The Labute approximate surface area is 209 Å². The first-order valence-electron chi connectivity index (χ1n) is 12.0. The lowest BCUT2D eigenvalue weighted by molar-refractivity contribution is -0.116. The van der Waals surface area contributed by atoms with E-state index < -0.39 is 23.7 Å². The number of methoxy groups -OCH3 is 1. The van der Waals surface area contributed by atoms with Crippen LogP contribution in [0.3, 0.4) is 0 Å². The molecular formula is C27H31N5O4. The minimum absolute atomic E-state index is 0.227. The van der Waals surface area contributed by atoms with E-state index in [2.05, 4.69) is 24.1 Å². The minimum Gasteiger partial charge on any atom is -0.495 e. The van der Waals surface area contributed by atoms with Crippen LogP contribution in [0.15, 0.2) is 64.4 Å². The van der Waals surface area contributed by atoms with Crippen molar-refractivity contribution >= 4 is 22.8 Å². The lowest BCUT2D eigenvalue weighted by atomic mass is 10.1. The molecule has 1 amide bonds. The Hall–Kier alpha value is -4.14. The summed E-state index contributed by atoms with van der Waals surface area (Å²) in [6.07, 6.45) is 2.44. The number of aromatic nitrogens is 4. The van der Waals surface area contributed by atoms with Crippen molar-refractivity contribution in [2.45, 2.75) is 46.8 Å². The van der Waals surface area contributed by atoms with E-state index in [4.69, 9.17) is 4.74 Å². The maximum Gasteiger partial charge on any atom is 0.333 e. The number of carbonyl (C=O) groups excluding carboxylic acids is 1. The van der Waals surface area contributed by atoms with Gasteiger partial charge in [-0.15, -0.1) is 0 Å². The summed E-state index contributed by atoms with van der Waals surface area (Å²) in [6, 6.07) is 14.9. The summed E-state index contributed by atoms with van der Waals surface area (Å²) in [7, 11) is 1.51. The lowest BCUT2D eigenvalue weighted by Crippen LogP contribution is -2.43. The van der Waals surface area contributed by atoms with Crippen molar-refractivity contribution in [3.8, 4) is 5.75 Å². The second-order valence-corrected chi connectivity index (χ2v) is 9.29. The van der Waals surface area contributed by atoms with Crippen LogP contribution in [0.25, 0.3) is 11.2 Å². The molecular weight excluding hydrogens is 458 g/mol. The first kappa shape index (κ1) is 25.0. The van der Waals surface area contributed by atoms with Crippen molar-refractivity contribution < 1.29 is 9.53 Å². The summed E-state index contributed by atoms with van der Waals surface area (Å²) in [6.45, 7) is 6.48. The Balaban J connectivity index is 1.78. The Kier molecular flexibility index (Phi) is 7.38. The van der Waals surface area contributed by atoms with E-state index in [1.807, 2.05) is 43.3 Å².